The van der Waals surface area contributed by atoms with Crippen LogP contribution in [0.25, 0.3) is 0 Å². The van der Waals surface area contributed by atoms with E-state index in [4.69, 9.17) is 14.1 Å². The molecule has 2 N–H and O–H groups in total. The third-order valence-electron chi connectivity index (χ3n) is 7.02. The summed E-state index contributed by atoms with van der Waals surface area (Å²) >= 11 is 0. The van der Waals surface area contributed by atoms with Gasteiger partial charge in [-0.1, -0.05) is 6.42 Å². The van der Waals surface area contributed by atoms with Gasteiger partial charge in [0.2, 0.25) is 0 Å². The van der Waals surface area contributed by atoms with Crippen molar-refractivity contribution >= 4 is 5.96 Å². The van der Waals surface area contributed by atoms with Crippen LogP contribution in [0.3, 0.4) is 0 Å². The van der Waals surface area contributed by atoms with Crippen LogP contribution in [0.1, 0.15) is 50.7 Å². The molecule has 0 aromatic carbocycles. The molecule has 1 aliphatic heterocycles. The second-order valence-corrected chi connectivity index (χ2v) is 9.09. The summed E-state index contributed by atoms with van der Waals surface area (Å²) in [6.45, 7) is 5.09. The maximum atomic E-state index is 5.47. The average Bonchev–Trinajstić information content (AvgIpc) is 3.48. The first kappa shape index (κ1) is 20.7. The van der Waals surface area contributed by atoms with Crippen molar-refractivity contribution < 1.29 is 9.15 Å². The molecule has 1 saturated heterocycles. The van der Waals surface area contributed by atoms with Gasteiger partial charge in [-0.05, 0) is 62.5 Å². The first-order valence-corrected chi connectivity index (χ1v) is 11.6. The summed E-state index contributed by atoms with van der Waals surface area (Å²) in [6.07, 6.45) is 11.6. The number of nitrogens with one attached hydrogen (secondary N) is 2. The smallest absolute Gasteiger partial charge is 0.191 e. The highest BCUT2D eigenvalue weighted by molar-refractivity contribution is 5.80. The Hall–Kier alpha value is -1.53. The molecular formula is C23H38N4O2. The Balaban J connectivity index is 1.28. The summed E-state index contributed by atoms with van der Waals surface area (Å²) in [4.78, 5) is 7.49. The Bertz CT molecular complexity index is 625. The van der Waals surface area contributed by atoms with Crippen molar-refractivity contribution in [1.29, 1.82) is 0 Å². The topological polar surface area (TPSA) is 62.0 Å². The number of rotatable bonds is 9. The Morgan fingerprint density at radius 2 is 2.10 bits per heavy atom. The Kier molecular flexibility index (Phi) is 7.49. The molecule has 1 aromatic rings. The lowest BCUT2D eigenvalue weighted by Gasteiger charge is -2.34. The highest BCUT2D eigenvalue weighted by atomic mass is 16.5. The zero-order chi connectivity index (χ0) is 19.9. The van der Waals surface area contributed by atoms with Gasteiger partial charge in [-0.3, -0.25) is 4.99 Å². The summed E-state index contributed by atoms with van der Waals surface area (Å²) < 4.78 is 10.7. The molecule has 6 heteroatoms. The highest BCUT2D eigenvalue weighted by Gasteiger charge is 2.40. The molecule has 2 heterocycles. The molecule has 29 heavy (non-hydrogen) atoms. The van der Waals surface area contributed by atoms with Crippen LogP contribution < -0.4 is 10.6 Å². The number of furan rings is 1. The minimum atomic E-state index is 0.516. The van der Waals surface area contributed by atoms with Crippen molar-refractivity contribution in [1.82, 2.24) is 15.5 Å². The first-order valence-electron chi connectivity index (χ1n) is 11.6. The van der Waals surface area contributed by atoms with Gasteiger partial charge in [0, 0.05) is 58.4 Å². The number of hydrogen-bond donors (Lipinski definition) is 2. The maximum absolute atomic E-state index is 5.47. The fourth-order valence-corrected chi connectivity index (χ4v) is 5.39. The molecule has 0 spiro atoms. The van der Waals surface area contributed by atoms with Crippen LogP contribution in [0.5, 0.6) is 0 Å². The van der Waals surface area contributed by atoms with E-state index in [2.05, 4.69) is 15.5 Å². The lowest BCUT2D eigenvalue weighted by Crippen LogP contribution is -2.52. The second-order valence-electron chi connectivity index (χ2n) is 9.09. The van der Waals surface area contributed by atoms with E-state index in [1.165, 1.54) is 38.5 Å². The van der Waals surface area contributed by atoms with E-state index >= 15 is 0 Å². The summed E-state index contributed by atoms with van der Waals surface area (Å²) in [5.74, 6) is 3.82. The number of likely N-dealkylation sites (tertiary alicyclic amines) is 1. The molecule has 2 aliphatic carbocycles. The van der Waals surface area contributed by atoms with Crippen LogP contribution in [0.4, 0.5) is 0 Å². The Labute approximate surface area is 175 Å². The number of methoxy groups -OCH3 is 1. The molecule has 2 bridgehead atoms. The molecule has 0 amide bonds. The quantitative estimate of drug-likeness (QED) is 0.378. The monoisotopic (exact) mass is 402 g/mol. The van der Waals surface area contributed by atoms with Crippen molar-refractivity contribution in [3.8, 4) is 0 Å². The number of hydrogen-bond acceptors (Lipinski definition) is 4. The van der Waals surface area contributed by atoms with Crippen LogP contribution >= 0.6 is 0 Å². The third kappa shape index (κ3) is 5.98. The molecule has 0 radical (unpaired) electrons. The predicted molar refractivity (Wildman–Crippen MR) is 116 cm³/mol. The van der Waals surface area contributed by atoms with Gasteiger partial charge in [0.05, 0.1) is 6.26 Å². The summed E-state index contributed by atoms with van der Waals surface area (Å²) in [5.41, 5.74) is 0. The number of fused-ring (bicyclic) bond motifs is 2. The lowest BCUT2D eigenvalue weighted by molar-refractivity contribution is 0.155. The molecule has 3 unspecified atom stereocenters. The molecule has 3 fully saturated rings. The Morgan fingerprint density at radius 1 is 1.21 bits per heavy atom. The van der Waals surface area contributed by atoms with Gasteiger partial charge in [0.1, 0.15) is 5.76 Å². The zero-order valence-corrected chi connectivity index (χ0v) is 17.9. The van der Waals surface area contributed by atoms with Crippen molar-refractivity contribution in [2.45, 2.75) is 63.5 Å². The van der Waals surface area contributed by atoms with Crippen molar-refractivity contribution in [3.05, 3.63) is 24.2 Å². The molecule has 1 aromatic heterocycles. The number of aliphatic imine (C=N–C) groups is 1. The molecule has 2 saturated carbocycles. The van der Waals surface area contributed by atoms with Crippen LogP contribution in [0, 0.1) is 11.8 Å². The van der Waals surface area contributed by atoms with E-state index in [1.807, 2.05) is 12.1 Å². The van der Waals surface area contributed by atoms with E-state index in [0.29, 0.717) is 12.1 Å². The normalized spacial score (nSPS) is 28.2. The summed E-state index contributed by atoms with van der Waals surface area (Å²) in [7, 11) is 1.78. The first-order chi connectivity index (χ1) is 14.3. The van der Waals surface area contributed by atoms with Gasteiger partial charge in [0.15, 0.2) is 5.96 Å². The molecule has 4 rings (SSSR count). The minimum Gasteiger partial charge on any atom is -0.469 e. The molecular weight excluding hydrogens is 364 g/mol. The number of guanidine groups is 1. The maximum Gasteiger partial charge on any atom is 0.191 e. The minimum absolute atomic E-state index is 0.516. The third-order valence-corrected chi connectivity index (χ3v) is 7.02. The molecule has 3 atom stereocenters. The van der Waals surface area contributed by atoms with E-state index in [9.17, 15) is 0 Å². The van der Waals surface area contributed by atoms with Gasteiger partial charge in [-0.2, -0.15) is 0 Å². The second kappa shape index (κ2) is 10.5. The number of nitrogens with zero attached hydrogens (tertiary/aromatic N) is 2. The summed E-state index contributed by atoms with van der Waals surface area (Å²) in [6, 6.07) is 5.11. The van der Waals surface area contributed by atoms with Crippen LogP contribution in [-0.2, 0) is 11.2 Å². The average molecular weight is 403 g/mol. The zero-order valence-electron chi connectivity index (χ0n) is 17.9. The van der Waals surface area contributed by atoms with Gasteiger partial charge in [-0.25, -0.2) is 0 Å². The molecule has 6 nitrogen and oxygen atoms in total. The van der Waals surface area contributed by atoms with Crippen molar-refractivity contribution in [2.75, 3.05) is 39.9 Å². The van der Waals surface area contributed by atoms with Crippen molar-refractivity contribution in [3.63, 3.8) is 0 Å². The predicted octanol–water partition coefficient (Wildman–Crippen LogP) is 3.05. The van der Waals surface area contributed by atoms with Crippen LogP contribution in [0.15, 0.2) is 27.8 Å². The SMILES string of the molecule is COCCCN1CCC(NC(=NCCc2ccco2)NC2CC3CCC2C3)CC1. The number of piperidine rings is 1. The van der Waals surface area contributed by atoms with E-state index in [1.54, 1.807) is 13.4 Å². The summed E-state index contributed by atoms with van der Waals surface area (Å²) in [5, 5.41) is 7.57. The van der Waals surface area contributed by atoms with Gasteiger partial charge in [-0.15, -0.1) is 0 Å². The van der Waals surface area contributed by atoms with Gasteiger partial charge in [0.25, 0.3) is 0 Å². The highest BCUT2D eigenvalue weighted by Crippen LogP contribution is 2.44. The van der Waals surface area contributed by atoms with E-state index in [0.717, 1.165) is 69.2 Å². The van der Waals surface area contributed by atoms with Gasteiger partial charge < -0.3 is 24.7 Å². The van der Waals surface area contributed by atoms with E-state index in [-0.39, 0.29) is 0 Å². The molecule has 3 aliphatic rings. The van der Waals surface area contributed by atoms with E-state index < -0.39 is 0 Å². The van der Waals surface area contributed by atoms with Crippen LogP contribution in [-0.4, -0.2) is 62.8 Å². The standard InChI is InChI=1S/C23H38N4O2/c1-28-14-3-11-27-12-8-20(9-13-27)25-23(24-10-7-21-4-2-15-29-21)26-22-17-18-5-6-19(22)16-18/h2,4,15,18-20,22H,3,5-14,16-17H2,1H3,(H2,24,25,26). The van der Waals surface area contributed by atoms with Crippen molar-refractivity contribution in [2.24, 2.45) is 16.8 Å². The fraction of sp³-hybridized carbons (Fsp3) is 0.783. The number of ether oxygens (including phenoxy) is 1. The molecule has 162 valence electrons. The van der Waals surface area contributed by atoms with Crippen LogP contribution in [0.2, 0.25) is 0 Å². The largest absolute Gasteiger partial charge is 0.469 e. The lowest BCUT2D eigenvalue weighted by atomic mass is 9.95. The van der Waals surface area contributed by atoms with Gasteiger partial charge >= 0.3 is 0 Å². The Morgan fingerprint density at radius 3 is 2.79 bits per heavy atom. The fourth-order valence-electron chi connectivity index (χ4n) is 5.39.